The summed E-state index contributed by atoms with van der Waals surface area (Å²) in [5, 5.41) is 0.120. The van der Waals surface area contributed by atoms with Crippen molar-refractivity contribution in [3.63, 3.8) is 0 Å². The number of rotatable bonds is 9. The van der Waals surface area contributed by atoms with Gasteiger partial charge in [-0.2, -0.15) is 82.3 Å². The summed E-state index contributed by atoms with van der Waals surface area (Å²) in [4.78, 5) is 0. The van der Waals surface area contributed by atoms with Gasteiger partial charge in [-0.25, -0.2) is 18.2 Å². The third-order valence-corrected chi connectivity index (χ3v) is 16.6. The van der Waals surface area contributed by atoms with Crippen LogP contribution < -0.4 is 21.2 Å². The maximum absolute atomic E-state index is 13.7. The normalized spacial score (nSPS) is 16.8. The van der Waals surface area contributed by atoms with Gasteiger partial charge in [0.1, 0.15) is 0 Å². The maximum atomic E-state index is 13.7. The van der Waals surface area contributed by atoms with Gasteiger partial charge < -0.3 is 0 Å². The van der Waals surface area contributed by atoms with Crippen molar-refractivity contribution in [2.24, 2.45) is 0 Å². The number of halogens is 12. The molecule has 16 heteroatoms. The van der Waals surface area contributed by atoms with Crippen LogP contribution in [0, 0.1) is 0 Å². The van der Waals surface area contributed by atoms with Gasteiger partial charge in [0.05, 0.1) is 22.3 Å². The van der Waals surface area contributed by atoms with E-state index < -0.39 is 72.0 Å². The first-order valence-corrected chi connectivity index (χ1v) is 21.8. The number of benzene rings is 2. The van der Waals surface area contributed by atoms with E-state index in [1.165, 1.54) is 12.8 Å². The van der Waals surface area contributed by atoms with E-state index in [0.29, 0.717) is 58.2 Å². The van der Waals surface area contributed by atoms with E-state index >= 15 is 0 Å². The molecule has 2 atom stereocenters. The van der Waals surface area contributed by atoms with Crippen molar-refractivity contribution in [1.29, 1.82) is 0 Å². The zero-order valence-electron chi connectivity index (χ0n) is 30.0. The Kier molecular flexibility index (Phi) is 16.6. The molecule has 56 heavy (non-hydrogen) atoms. The van der Waals surface area contributed by atoms with Crippen LogP contribution >= 0.6 is 25.1 Å². The molecule has 4 aromatic rings. The van der Waals surface area contributed by atoms with Gasteiger partial charge in [-0.05, 0) is 90.2 Å². The number of hydrogen-bond donors (Lipinski definition) is 0. The summed E-state index contributed by atoms with van der Waals surface area (Å²) in [6, 6.07) is 15.8. The van der Waals surface area contributed by atoms with Crippen LogP contribution in [-0.2, 0) is 48.2 Å². The van der Waals surface area contributed by atoms with Crippen molar-refractivity contribution >= 4 is 46.3 Å². The third-order valence-electron chi connectivity index (χ3n) is 10.0. The van der Waals surface area contributed by atoms with Gasteiger partial charge in [0.2, 0.25) is 0 Å². The quantitative estimate of drug-likeness (QED) is 0.0680. The monoisotopic (exact) mass is 898 g/mol. The zero-order chi connectivity index (χ0) is 40.0. The molecule has 2 aliphatic carbocycles. The summed E-state index contributed by atoms with van der Waals surface area (Å²) in [6.07, 6.45) is -7.68. The Morgan fingerprint density at radius 1 is 0.571 bits per heavy atom. The predicted molar refractivity (Wildman–Crippen MR) is 201 cm³/mol. The minimum absolute atomic E-state index is 0. The minimum atomic E-state index is -5.08. The van der Waals surface area contributed by atoms with Crippen molar-refractivity contribution in [3.05, 3.63) is 107 Å². The standard InChI is InChI=1S/C35H36F12P3.C5H5.Fe/c36-32(37,38)22-15-23(33(39,40)41)18-26(17-22)48-30-12-11-21(13-14-50(28-7-3-1-4-8-28)29-9-5-2-6-10-29)31(30)49-27-19-24(34(42,43)44)16-25(20-27)35(45,46)47;1-2-4-5-3-1;/h11-12,15-20,28-29,48-49H,1-10,13-14H2;1-5H;/q2*-1;+2. The summed E-state index contributed by atoms with van der Waals surface area (Å²) < 4.78 is 164. The second-order valence-corrected chi connectivity index (χ2v) is 19.6. The Morgan fingerprint density at radius 2 is 0.964 bits per heavy atom. The van der Waals surface area contributed by atoms with Gasteiger partial charge in [0.25, 0.3) is 0 Å². The van der Waals surface area contributed by atoms with Crippen LogP contribution in [0.1, 0.15) is 92.0 Å². The molecular formula is C40H41F12FeP3. The predicted octanol–water partition coefficient (Wildman–Crippen LogP) is 12.8. The van der Waals surface area contributed by atoms with Crippen molar-refractivity contribution in [1.82, 2.24) is 0 Å². The van der Waals surface area contributed by atoms with E-state index in [1.54, 1.807) is 12.1 Å². The molecule has 6 rings (SSSR count). The summed E-state index contributed by atoms with van der Waals surface area (Å²) in [7, 11) is -1.94. The molecule has 0 radical (unpaired) electrons. The van der Waals surface area contributed by atoms with E-state index in [9.17, 15) is 52.7 Å². The van der Waals surface area contributed by atoms with Gasteiger partial charge in [-0.1, -0.05) is 53.5 Å². The van der Waals surface area contributed by atoms with E-state index in [-0.39, 0.29) is 39.8 Å². The van der Waals surface area contributed by atoms with Crippen molar-refractivity contribution < 1.29 is 69.8 Å². The maximum Gasteiger partial charge on any atom is 2.00 e. The van der Waals surface area contributed by atoms with Crippen LogP contribution in [0.4, 0.5) is 52.7 Å². The molecule has 0 bridgehead atoms. The van der Waals surface area contributed by atoms with Crippen molar-refractivity contribution in [3.8, 4) is 0 Å². The van der Waals surface area contributed by atoms with E-state index in [2.05, 4.69) is 0 Å². The third kappa shape index (κ3) is 13.3. The molecule has 0 nitrogen and oxygen atoms in total. The molecule has 2 unspecified atom stereocenters. The fraction of sp³-hybridized carbons (Fsp3) is 0.450. The second-order valence-electron chi connectivity index (χ2n) is 14.0. The molecular weight excluding hydrogens is 857 g/mol. The largest absolute Gasteiger partial charge is 2.00 e. The molecule has 0 amide bonds. The Bertz CT molecular complexity index is 1690. The van der Waals surface area contributed by atoms with Crippen LogP contribution in [0.25, 0.3) is 0 Å². The Morgan fingerprint density at radius 3 is 1.32 bits per heavy atom. The van der Waals surface area contributed by atoms with E-state index in [1.807, 2.05) is 30.3 Å². The summed E-state index contributed by atoms with van der Waals surface area (Å²) in [6.45, 7) is 0. The average Bonchev–Trinajstić information content (AvgIpc) is 3.82. The van der Waals surface area contributed by atoms with Crippen LogP contribution in [0.3, 0.4) is 0 Å². The van der Waals surface area contributed by atoms with Gasteiger partial charge >= 0.3 is 41.8 Å². The molecule has 0 spiro atoms. The molecule has 0 saturated heterocycles. The summed E-state index contributed by atoms with van der Waals surface area (Å²) in [5.41, 5.74) is -4.18. The number of alkyl halides is 12. The van der Waals surface area contributed by atoms with Crippen LogP contribution in [0.2, 0.25) is 0 Å². The Labute approximate surface area is 334 Å². The van der Waals surface area contributed by atoms with E-state index in [4.69, 9.17) is 0 Å². The molecule has 2 fully saturated rings. The first-order valence-electron chi connectivity index (χ1n) is 18.1. The SMILES string of the molecule is FC(F)(F)c1cc(Pc2cc[c-](CCP(C3CCCCC3)C3CCCCC3)c2Pc2cc(C(F)(F)F)cc(C(F)(F)F)c2)cc(C(F)(F)F)c1.[Fe+2].c1cc[cH-]c1. The smallest absolute Gasteiger partial charge is 0.214 e. The molecule has 0 aliphatic heterocycles. The van der Waals surface area contributed by atoms with Gasteiger partial charge in [0, 0.05) is 0 Å². The van der Waals surface area contributed by atoms with Crippen LogP contribution in [-0.4, -0.2) is 17.5 Å². The average molecular weight is 899 g/mol. The Balaban J connectivity index is 0.00000107. The van der Waals surface area contributed by atoms with E-state index in [0.717, 1.165) is 57.5 Å². The second kappa shape index (κ2) is 19.9. The van der Waals surface area contributed by atoms with Crippen LogP contribution in [0.15, 0.2) is 78.9 Å². The minimum Gasteiger partial charge on any atom is -0.214 e. The number of aryl methyl sites for hydroxylation is 1. The first kappa shape index (κ1) is 46.8. The van der Waals surface area contributed by atoms with Gasteiger partial charge in [-0.3, -0.25) is 0 Å². The zero-order valence-corrected chi connectivity index (χ0v) is 34.0. The molecule has 0 aromatic heterocycles. The molecule has 308 valence electrons. The van der Waals surface area contributed by atoms with Gasteiger partial charge in [-0.15, -0.1) is 27.4 Å². The molecule has 2 aliphatic rings. The van der Waals surface area contributed by atoms with Crippen molar-refractivity contribution in [2.45, 2.75) is 107 Å². The molecule has 2 saturated carbocycles. The molecule has 4 aromatic carbocycles. The molecule has 0 heterocycles. The van der Waals surface area contributed by atoms with Crippen LogP contribution in [0.5, 0.6) is 0 Å². The first-order chi connectivity index (χ1) is 25.8. The summed E-state index contributed by atoms with van der Waals surface area (Å²) >= 11 is 0. The summed E-state index contributed by atoms with van der Waals surface area (Å²) in [5.74, 6) is 0. The fourth-order valence-electron chi connectivity index (χ4n) is 7.40. The molecule has 0 N–H and O–H groups in total. The topological polar surface area (TPSA) is 0 Å². The number of hydrogen-bond acceptors (Lipinski definition) is 0. The fourth-order valence-corrected chi connectivity index (χ4v) is 14.2. The van der Waals surface area contributed by atoms with Crippen molar-refractivity contribution in [2.75, 3.05) is 6.16 Å². The Hall–Kier alpha value is -1.89. The van der Waals surface area contributed by atoms with Gasteiger partial charge in [0.15, 0.2) is 0 Å².